The second-order valence-electron chi connectivity index (χ2n) is 8.21. The Morgan fingerprint density at radius 1 is 1.13 bits per heavy atom. The maximum atomic E-state index is 13.2. The first-order valence-electron chi connectivity index (χ1n) is 10.6. The Kier molecular flexibility index (Phi) is 5.00. The van der Waals surface area contributed by atoms with Crippen LogP contribution in [0.1, 0.15) is 34.9 Å². The zero-order valence-electron chi connectivity index (χ0n) is 17.4. The fourth-order valence-electron chi connectivity index (χ4n) is 4.96. The van der Waals surface area contributed by atoms with Crippen molar-refractivity contribution in [2.45, 2.75) is 31.0 Å². The largest absolute Gasteiger partial charge is 0.378 e. The maximum absolute atomic E-state index is 13.2. The molecule has 7 nitrogen and oxygen atoms in total. The average molecular weight is 406 g/mol. The van der Waals surface area contributed by atoms with Crippen molar-refractivity contribution < 1.29 is 9.53 Å². The molecule has 2 atom stereocenters. The van der Waals surface area contributed by atoms with Crippen LogP contribution in [0.4, 0.5) is 0 Å². The van der Waals surface area contributed by atoms with Gasteiger partial charge in [0.1, 0.15) is 0 Å². The van der Waals surface area contributed by atoms with Crippen LogP contribution >= 0.6 is 0 Å². The highest BCUT2D eigenvalue weighted by Crippen LogP contribution is 2.39. The number of rotatable bonds is 4. The smallest absolute Gasteiger partial charge is 0.275 e. The molecule has 0 saturated carbocycles. The number of nitrogens with zero attached hydrogens (tertiary/aromatic N) is 5. The van der Waals surface area contributed by atoms with Gasteiger partial charge >= 0.3 is 0 Å². The number of piperidine rings is 1. The summed E-state index contributed by atoms with van der Waals surface area (Å²) in [5.41, 5.74) is 2.75. The van der Waals surface area contributed by atoms with Gasteiger partial charge in [-0.25, -0.2) is 0 Å². The monoisotopic (exact) mass is 405 g/mol. The van der Waals surface area contributed by atoms with Gasteiger partial charge in [0, 0.05) is 57.6 Å². The SMILES string of the molecule is CO[C@H]1CN(C2CCN(C(=O)c3nn(C)c4ccccc34)CC2)[C@H]1c1cccnc1. The third kappa shape index (κ3) is 3.18. The molecule has 5 rings (SSSR count). The minimum atomic E-state index is 0.0347. The minimum Gasteiger partial charge on any atom is -0.378 e. The normalized spacial score (nSPS) is 22.9. The number of likely N-dealkylation sites (tertiary alicyclic amines) is 2. The first kappa shape index (κ1) is 19.2. The highest BCUT2D eigenvalue weighted by molar-refractivity contribution is 6.04. The van der Waals surface area contributed by atoms with E-state index in [1.165, 1.54) is 5.56 Å². The molecule has 0 aliphatic carbocycles. The van der Waals surface area contributed by atoms with Crippen molar-refractivity contribution in [1.82, 2.24) is 24.6 Å². The molecule has 1 amide bonds. The van der Waals surface area contributed by atoms with E-state index in [4.69, 9.17) is 4.74 Å². The molecule has 0 spiro atoms. The Bertz CT molecular complexity index is 1040. The Hall–Kier alpha value is -2.77. The Morgan fingerprint density at radius 3 is 2.67 bits per heavy atom. The highest BCUT2D eigenvalue weighted by Gasteiger charge is 2.44. The molecule has 0 N–H and O–H groups in total. The molecular formula is C23H27N5O2. The second-order valence-corrected chi connectivity index (χ2v) is 8.21. The summed E-state index contributed by atoms with van der Waals surface area (Å²) in [7, 11) is 3.67. The van der Waals surface area contributed by atoms with Crippen LogP contribution in [0.25, 0.3) is 10.9 Å². The quantitative estimate of drug-likeness (QED) is 0.668. The van der Waals surface area contributed by atoms with E-state index in [0.717, 1.165) is 43.4 Å². The van der Waals surface area contributed by atoms with Gasteiger partial charge in [0.2, 0.25) is 0 Å². The second kappa shape index (κ2) is 7.81. The number of hydrogen-bond donors (Lipinski definition) is 0. The summed E-state index contributed by atoms with van der Waals surface area (Å²) >= 11 is 0. The fraction of sp³-hybridized carbons (Fsp3) is 0.435. The lowest BCUT2D eigenvalue weighted by Gasteiger charge is -2.52. The van der Waals surface area contributed by atoms with Crippen molar-refractivity contribution in [3.8, 4) is 0 Å². The van der Waals surface area contributed by atoms with E-state index < -0.39 is 0 Å². The van der Waals surface area contributed by atoms with Crippen LogP contribution in [0.5, 0.6) is 0 Å². The van der Waals surface area contributed by atoms with E-state index >= 15 is 0 Å². The standard InChI is InChI=1S/C23H27N5O2/c1-26-19-8-4-3-7-18(19)21(25-26)23(29)27-12-9-17(10-13-27)28-15-20(30-2)22(28)16-6-5-11-24-14-16/h3-8,11,14,17,20,22H,9-10,12-13,15H2,1-2H3/t20-,22-/m0/s1. The Balaban J connectivity index is 1.28. The molecule has 3 aromatic rings. The molecule has 30 heavy (non-hydrogen) atoms. The Labute approximate surface area is 176 Å². The van der Waals surface area contributed by atoms with Gasteiger partial charge in [-0.2, -0.15) is 5.10 Å². The third-order valence-corrected chi connectivity index (χ3v) is 6.61. The summed E-state index contributed by atoms with van der Waals surface area (Å²) in [6.07, 6.45) is 5.87. The van der Waals surface area contributed by atoms with Crippen molar-refractivity contribution in [1.29, 1.82) is 0 Å². The molecule has 7 heteroatoms. The first-order valence-corrected chi connectivity index (χ1v) is 10.6. The van der Waals surface area contributed by atoms with Crippen LogP contribution in [0, 0.1) is 0 Å². The van der Waals surface area contributed by atoms with Crippen LogP contribution < -0.4 is 0 Å². The van der Waals surface area contributed by atoms with Crippen LogP contribution in [0.2, 0.25) is 0 Å². The van der Waals surface area contributed by atoms with Crippen LogP contribution in [0.3, 0.4) is 0 Å². The van der Waals surface area contributed by atoms with Gasteiger partial charge in [0.05, 0.1) is 17.7 Å². The lowest BCUT2D eigenvalue weighted by atomic mass is 9.87. The van der Waals surface area contributed by atoms with Crippen molar-refractivity contribution in [3.05, 3.63) is 60.0 Å². The molecule has 0 unspecified atom stereocenters. The van der Waals surface area contributed by atoms with Gasteiger partial charge in [-0.3, -0.25) is 19.4 Å². The lowest BCUT2D eigenvalue weighted by Crippen LogP contribution is -2.60. The molecule has 2 aromatic heterocycles. The number of aryl methyl sites for hydroxylation is 1. The Morgan fingerprint density at radius 2 is 1.93 bits per heavy atom. The maximum Gasteiger partial charge on any atom is 0.275 e. The predicted molar refractivity (Wildman–Crippen MR) is 114 cm³/mol. The summed E-state index contributed by atoms with van der Waals surface area (Å²) in [6.45, 7) is 2.43. The molecule has 2 fully saturated rings. The fourth-order valence-corrected chi connectivity index (χ4v) is 4.96. The number of ether oxygens (including phenoxy) is 1. The number of methoxy groups -OCH3 is 1. The number of carbonyl (C=O) groups excluding carboxylic acids is 1. The van der Waals surface area contributed by atoms with Crippen molar-refractivity contribution in [2.75, 3.05) is 26.7 Å². The van der Waals surface area contributed by atoms with E-state index in [1.54, 1.807) is 18.0 Å². The number of carbonyl (C=O) groups is 1. The van der Waals surface area contributed by atoms with E-state index in [0.29, 0.717) is 11.7 Å². The van der Waals surface area contributed by atoms with E-state index in [1.807, 2.05) is 48.5 Å². The molecule has 1 aromatic carbocycles. The highest BCUT2D eigenvalue weighted by atomic mass is 16.5. The number of pyridine rings is 1. The van der Waals surface area contributed by atoms with Crippen molar-refractivity contribution in [2.24, 2.45) is 7.05 Å². The average Bonchev–Trinajstić information content (AvgIpc) is 3.11. The zero-order chi connectivity index (χ0) is 20.7. The van der Waals surface area contributed by atoms with E-state index in [9.17, 15) is 4.79 Å². The number of para-hydroxylation sites is 1. The summed E-state index contributed by atoms with van der Waals surface area (Å²) in [5.74, 6) is 0.0347. The number of benzene rings is 1. The topological polar surface area (TPSA) is 63.5 Å². The van der Waals surface area contributed by atoms with Gasteiger partial charge in [-0.1, -0.05) is 24.3 Å². The van der Waals surface area contributed by atoms with Crippen molar-refractivity contribution in [3.63, 3.8) is 0 Å². The molecule has 2 aliphatic rings. The number of fused-ring (bicyclic) bond motifs is 1. The van der Waals surface area contributed by atoms with E-state index in [-0.39, 0.29) is 18.1 Å². The third-order valence-electron chi connectivity index (χ3n) is 6.61. The van der Waals surface area contributed by atoms with Crippen molar-refractivity contribution >= 4 is 16.8 Å². The molecule has 156 valence electrons. The van der Waals surface area contributed by atoms with Crippen LogP contribution in [-0.2, 0) is 11.8 Å². The summed E-state index contributed by atoms with van der Waals surface area (Å²) in [5, 5.41) is 5.44. The molecule has 2 aliphatic heterocycles. The lowest BCUT2D eigenvalue weighted by molar-refractivity contribution is -0.115. The van der Waals surface area contributed by atoms with Crippen LogP contribution in [-0.4, -0.2) is 69.4 Å². The molecular weight excluding hydrogens is 378 g/mol. The number of aromatic nitrogens is 3. The molecule has 2 saturated heterocycles. The summed E-state index contributed by atoms with van der Waals surface area (Å²) in [4.78, 5) is 21.9. The predicted octanol–water partition coefficient (Wildman–Crippen LogP) is 2.64. The van der Waals surface area contributed by atoms with Gasteiger partial charge in [0.15, 0.2) is 5.69 Å². The zero-order valence-corrected chi connectivity index (χ0v) is 17.4. The van der Waals surface area contributed by atoms with E-state index in [2.05, 4.69) is 21.0 Å². The van der Waals surface area contributed by atoms with Gasteiger partial charge in [0.25, 0.3) is 5.91 Å². The number of amides is 1. The summed E-state index contributed by atoms with van der Waals surface area (Å²) < 4.78 is 7.48. The molecule has 0 radical (unpaired) electrons. The minimum absolute atomic E-state index is 0.0347. The van der Waals surface area contributed by atoms with Gasteiger partial charge < -0.3 is 9.64 Å². The molecule has 0 bridgehead atoms. The first-order chi connectivity index (χ1) is 14.7. The summed E-state index contributed by atoms with van der Waals surface area (Å²) in [6, 6.07) is 12.7. The number of hydrogen-bond acceptors (Lipinski definition) is 5. The van der Waals surface area contributed by atoms with Gasteiger partial charge in [-0.05, 0) is 30.5 Å². The van der Waals surface area contributed by atoms with Gasteiger partial charge in [-0.15, -0.1) is 0 Å². The van der Waals surface area contributed by atoms with Crippen LogP contribution in [0.15, 0.2) is 48.8 Å². The molecule has 4 heterocycles.